The van der Waals surface area contributed by atoms with Crippen LogP contribution in [0.5, 0.6) is 0 Å². The Hall–Kier alpha value is -2.56. The lowest BCUT2D eigenvalue weighted by Crippen LogP contribution is -2.48. The maximum absolute atomic E-state index is 13.0. The summed E-state index contributed by atoms with van der Waals surface area (Å²) in [6, 6.07) is 1.23. The van der Waals surface area contributed by atoms with E-state index in [0.717, 1.165) is 25.7 Å². The molecule has 32 heavy (non-hydrogen) atoms. The number of anilines is 2. The van der Waals surface area contributed by atoms with Crippen LogP contribution in [0.3, 0.4) is 0 Å². The van der Waals surface area contributed by atoms with Crippen LogP contribution in [0.4, 0.5) is 37.7 Å². The molecule has 0 aromatic heterocycles. The maximum atomic E-state index is 13.0. The highest BCUT2D eigenvalue weighted by molar-refractivity contribution is 5.74. The van der Waals surface area contributed by atoms with Gasteiger partial charge < -0.3 is 15.5 Å². The summed E-state index contributed by atoms with van der Waals surface area (Å²) in [7, 11) is 3.80. The summed E-state index contributed by atoms with van der Waals surface area (Å²) in [5.74, 6) is 0. The molecule has 5 nitrogen and oxygen atoms in total. The van der Waals surface area contributed by atoms with E-state index in [4.69, 9.17) is 0 Å². The number of nitrogens with zero attached hydrogens (tertiary/aromatic N) is 1. The molecular formula is C21H23F6N3O2. The highest BCUT2D eigenvalue weighted by Crippen LogP contribution is 2.36. The van der Waals surface area contributed by atoms with Crippen LogP contribution in [-0.2, 0) is 18.9 Å². The van der Waals surface area contributed by atoms with Crippen molar-refractivity contribution in [2.24, 2.45) is 0 Å². The first-order valence-corrected chi connectivity index (χ1v) is 10.1. The van der Waals surface area contributed by atoms with Gasteiger partial charge in [0.05, 0.1) is 11.1 Å². The molecule has 2 aromatic rings. The standard InChI is InChI=1S/C21H23F6N3O2/c1-30(2)15-6-4-3-5-14(15)29-17-16(18(31)19(17)32)28-10-11-7-12(20(22,23)24)9-13(8-11)21(25,26)27/h7-9,14-15,28-29H,3-6,10H2,1-2H3. The quantitative estimate of drug-likeness (QED) is 0.496. The molecule has 2 aromatic carbocycles. The van der Waals surface area contributed by atoms with Crippen molar-refractivity contribution in [2.75, 3.05) is 24.7 Å². The Labute approximate surface area is 180 Å². The number of benzene rings is 1. The summed E-state index contributed by atoms with van der Waals surface area (Å²) in [6.07, 6.45) is -6.31. The second-order valence-electron chi connectivity index (χ2n) is 8.24. The summed E-state index contributed by atoms with van der Waals surface area (Å²) in [4.78, 5) is 26.1. The Morgan fingerprint density at radius 1 is 0.875 bits per heavy atom. The summed E-state index contributed by atoms with van der Waals surface area (Å²) < 4.78 is 78.2. The van der Waals surface area contributed by atoms with Gasteiger partial charge in [0.1, 0.15) is 11.4 Å². The largest absolute Gasteiger partial charge is 0.416 e. The summed E-state index contributed by atoms with van der Waals surface area (Å²) >= 11 is 0. The van der Waals surface area contributed by atoms with Crippen molar-refractivity contribution < 1.29 is 26.3 Å². The third kappa shape index (κ3) is 5.08. The van der Waals surface area contributed by atoms with E-state index in [0.29, 0.717) is 12.1 Å². The van der Waals surface area contributed by atoms with Gasteiger partial charge in [-0.05, 0) is 50.7 Å². The number of alkyl halides is 6. The second-order valence-corrected chi connectivity index (χ2v) is 8.24. The number of hydrogen-bond acceptors (Lipinski definition) is 5. The minimum atomic E-state index is -4.97. The first-order chi connectivity index (χ1) is 14.8. The number of halogens is 6. The fourth-order valence-electron chi connectivity index (χ4n) is 4.09. The van der Waals surface area contributed by atoms with E-state index in [1.54, 1.807) is 0 Å². The van der Waals surface area contributed by atoms with Crippen molar-refractivity contribution in [1.29, 1.82) is 0 Å². The van der Waals surface area contributed by atoms with Gasteiger partial charge in [-0.1, -0.05) is 12.8 Å². The summed E-state index contributed by atoms with van der Waals surface area (Å²) in [6.45, 7) is -0.478. The molecule has 1 aliphatic carbocycles. The number of rotatable bonds is 6. The zero-order chi connectivity index (χ0) is 23.8. The molecular weight excluding hydrogens is 440 g/mol. The van der Waals surface area contributed by atoms with E-state index >= 15 is 0 Å². The van der Waals surface area contributed by atoms with Crippen LogP contribution in [-0.4, -0.2) is 31.1 Å². The monoisotopic (exact) mass is 463 g/mol. The lowest BCUT2D eigenvalue weighted by atomic mass is 9.89. The zero-order valence-corrected chi connectivity index (χ0v) is 17.5. The predicted octanol–water partition coefficient (Wildman–Crippen LogP) is 4.22. The lowest BCUT2D eigenvalue weighted by Gasteiger charge is -2.37. The van der Waals surface area contributed by atoms with E-state index in [2.05, 4.69) is 10.6 Å². The van der Waals surface area contributed by atoms with Gasteiger partial charge in [0.2, 0.25) is 0 Å². The topological polar surface area (TPSA) is 61.4 Å². The summed E-state index contributed by atoms with van der Waals surface area (Å²) in [5.41, 5.74) is -4.90. The molecule has 0 aliphatic heterocycles. The van der Waals surface area contributed by atoms with E-state index < -0.39 is 40.9 Å². The van der Waals surface area contributed by atoms with Crippen molar-refractivity contribution in [3.05, 3.63) is 55.3 Å². The Kier molecular flexibility index (Phi) is 6.60. The smallest absolute Gasteiger partial charge is 0.376 e. The van der Waals surface area contributed by atoms with Gasteiger partial charge in [0.25, 0.3) is 10.9 Å². The van der Waals surface area contributed by atoms with Crippen molar-refractivity contribution in [2.45, 2.75) is 56.7 Å². The van der Waals surface area contributed by atoms with Crippen LogP contribution in [0, 0.1) is 0 Å². The number of likely N-dealkylation sites (N-methyl/N-ethyl adjacent to an activating group) is 1. The van der Waals surface area contributed by atoms with Crippen LogP contribution in [0.1, 0.15) is 42.4 Å². The van der Waals surface area contributed by atoms with Gasteiger partial charge in [-0.25, -0.2) is 0 Å². The minimum absolute atomic E-state index is 0.0248. The van der Waals surface area contributed by atoms with Crippen molar-refractivity contribution in [3.8, 4) is 0 Å². The average Bonchev–Trinajstić information content (AvgIpc) is 2.71. The second kappa shape index (κ2) is 8.76. The first kappa shape index (κ1) is 24.1. The predicted molar refractivity (Wildman–Crippen MR) is 108 cm³/mol. The molecule has 1 saturated carbocycles. The van der Waals surface area contributed by atoms with E-state index in [-0.39, 0.29) is 35.1 Å². The molecule has 0 heterocycles. The van der Waals surface area contributed by atoms with Gasteiger partial charge in [-0.2, -0.15) is 26.3 Å². The fraction of sp³-hybridized carbons (Fsp3) is 0.524. The van der Waals surface area contributed by atoms with E-state index in [1.807, 2.05) is 19.0 Å². The van der Waals surface area contributed by atoms with Crippen LogP contribution < -0.4 is 21.5 Å². The molecule has 0 saturated heterocycles. The number of nitrogens with one attached hydrogen (secondary N) is 2. The molecule has 0 amide bonds. The molecule has 1 fully saturated rings. The zero-order valence-electron chi connectivity index (χ0n) is 17.5. The third-order valence-electron chi connectivity index (χ3n) is 5.75. The summed E-state index contributed by atoms with van der Waals surface area (Å²) in [5, 5.41) is 5.62. The van der Waals surface area contributed by atoms with Crippen molar-refractivity contribution in [1.82, 2.24) is 4.90 Å². The molecule has 1 aliphatic rings. The highest BCUT2D eigenvalue weighted by atomic mass is 19.4. The van der Waals surface area contributed by atoms with Crippen molar-refractivity contribution >= 4 is 11.4 Å². The Balaban J connectivity index is 1.82. The molecule has 0 bridgehead atoms. The van der Waals surface area contributed by atoms with Crippen LogP contribution >= 0.6 is 0 Å². The van der Waals surface area contributed by atoms with E-state index in [9.17, 15) is 35.9 Å². The SMILES string of the molecule is CN(C)C1CCCCC1Nc1c(NCc2cc(C(F)(F)F)cc(C(F)(F)F)c2)c(=O)c1=O. The molecule has 2 N–H and O–H groups in total. The van der Waals surface area contributed by atoms with Gasteiger partial charge in [0.15, 0.2) is 0 Å². The first-order valence-electron chi connectivity index (χ1n) is 10.1. The molecule has 11 heteroatoms. The number of hydrogen-bond donors (Lipinski definition) is 2. The molecule has 0 spiro atoms. The molecule has 2 atom stereocenters. The van der Waals surface area contributed by atoms with Crippen LogP contribution in [0.15, 0.2) is 27.8 Å². The van der Waals surface area contributed by atoms with Gasteiger partial charge in [0, 0.05) is 18.6 Å². The highest BCUT2D eigenvalue weighted by Gasteiger charge is 2.37. The Morgan fingerprint density at radius 3 is 1.94 bits per heavy atom. The Morgan fingerprint density at radius 2 is 1.41 bits per heavy atom. The maximum Gasteiger partial charge on any atom is 0.416 e. The third-order valence-corrected chi connectivity index (χ3v) is 5.75. The van der Waals surface area contributed by atoms with E-state index in [1.165, 1.54) is 0 Å². The average molecular weight is 463 g/mol. The lowest BCUT2D eigenvalue weighted by molar-refractivity contribution is -0.143. The van der Waals surface area contributed by atoms with Crippen LogP contribution in [0.25, 0.3) is 0 Å². The van der Waals surface area contributed by atoms with Gasteiger partial charge >= 0.3 is 12.4 Å². The molecule has 0 radical (unpaired) electrons. The van der Waals surface area contributed by atoms with Crippen molar-refractivity contribution in [3.63, 3.8) is 0 Å². The normalized spacial score (nSPS) is 20.0. The molecule has 2 unspecified atom stereocenters. The van der Waals surface area contributed by atoms with Gasteiger partial charge in [-0.3, -0.25) is 9.59 Å². The molecule has 3 rings (SSSR count). The van der Waals surface area contributed by atoms with Crippen LogP contribution in [0.2, 0.25) is 0 Å². The fourth-order valence-corrected chi connectivity index (χ4v) is 4.09. The minimum Gasteiger partial charge on any atom is -0.376 e. The van der Waals surface area contributed by atoms with Gasteiger partial charge in [-0.15, -0.1) is 0 Å². The Bertz CT molecular complexity index is 1010. The molecule has 176 valence electrons.